The lowest BCUT2D eigenvalue weighted by molar-refractivity contribution is 0.0515. The molecule has 1 unspecified atom stereocenters. The Balaban J connectivity index is 1.27. The molecule has 0 saturated carbocycles. The monoisotopic (exact) mass is 491 g/mol. The average molecular weight is 492 g/mol. The van der Waals surface area contributed by atoms with E-state index in [0.29, 0.717) is 72.2 Å². The summed E-state index contributed by atoms with van der Waals surface area (Å²) in [4.78, 5) is 30.1. The number of nitrogens with one attached hydrogen (secondary N) is 1. The van der Waals surface area contributed by atoms with Gasteiger partial charge in [0.1, 0.15) is 11.5 Å². The molecule has 0 radical (unpaired) electrons. The van der Waals surface area contributed by atoms with Crippen LogP contribution in [0.2, 0.25) is 0 Å². The van der Waals surface area contributed by atoms with Crippen LogP contribution in [0.5, 0.6) is 0 Å². The smallest absolute Gasteiger partial charge is 0.258 e. The molecule has 1 aliphatic rings. The molecule has 2 aromatic heterocycles. The molecule has 1 atom stereocenters. The van der Waals surface area contributed by atoms with Gasteiger partial charge in [0, 0.05) is 42.6 Å². The predicted molar refractivity (Wildman–Crippen MR) is 132 cm³/mol. The van der Waals surface area contributed by atoms with Crippen LogP contribution < -0.4 is 5.56 Å². The number of benzene rings is 2. The van der Waals surface area contributed by atoms with Crippen LogP contribution in [0.1, 0.15) is 16.8 Å². The van der Waals surface area contributed by atoms with E-state index in [2.05, 4.69) is 15.3 Å². The second-order valence-corrected chi connectivity index (χ2v) is 8.81. The highest BCUT2D eigenvalue weighted by molar-refractivity contribution is 5.94. The van der Waals surface area contributed by atoms with Crippen LogP contribution in [-0.4, -0.2) is 70.8 Å². The SMILES string of the molecule is COCCOCC1CCN(C(=O)c2ccc(-n3cc(-c4cc5cc(F)ccc5[nH]c4=O)nn3)cc2)C1. The number of nitrogens with zero attached hydrogens (tertiary/aromatic N) is 4. The summed E-state index contributed by atoms with van der Waals surface area (Å²) in [5.41, 5.74) is 2.14. The summed E-state index contributed by atoms with van der Waals surface area (Å²) < 4.78 is 25.7. The third-order valence-electron chi connectivity index (χ3n) is 6.31. The minimum atomic E-state index is -0.390. The number of ether oxygens (including phenoxy) is 2. The summed E-state index contributed by atoms with van der Waals surface area (Å²) in [7, 11) is 1.64. The van der Waals surface area contributed by atoms with Gasteiger partial charge in [-0.2, -0.15) is 0 Å². The molecule has 1 fully saturated rings. The molecule has 4 aromatic rings. The maximum absolute atomic E-state index is 13.6. The lowest BCUT2D eigenvalue weighted by Crippen LogP contribution is -2.29. The lowest BCUT2D eigenvalue weighted by Gasteiger charge is -2.17. The predicted octanol–water partition coefficient (Wildman–Crippen LogP) is 3.04. The number of H-pyrrole nitrogens is 1. The molecule has 1 amide bonds. The van der Waals surface area contributed by atoms with Gasteiger partial charge in [0.2, 0.25) is 0 Å². The Morgan fingerprint density at radius 2 is 2.00 bits per heavy atom. The molecule has 9 nitrogen and oxygen atoms in total. The summed E-state index contributed by atoms with van der Waals surface area (Å²) in [5, 5.41) is 8.81. The molecule has 0 bridgehead atoms. The number of carbonyl (C=O) groups excluding carboxylic acids is 1. The standard InChI is InChI=1S/C26H26FN5O4/c1-35-10-11-36-16-17-8-9-31(14-17)26(34)18-2-5-21(6-3-18)32-15-24(29-30-32)22-13-19-12-20(27)4-7-23(19)28-25(22)33/h2-7,12-13,15,17H,8-11,14,16H2,1H3,(H,28,33). The maximum atomic E-state index is 13.6. The molecule has 186 valence electrons. The molecule has 0 spiro atoms. The van der Waals surface area contributed by atoms with Crippen molar-refractivity contribution in [2.75, 3.05) is 40.0 Å². The molecule has 10 heteroatoms. The summed E-state index contributed by atoms with van der Waals surface area (Å²) in [6.07, 6.45) is 2.54. The van der Waals surface area contributed by atoms with Gasteiger partial charge in [-0.05, 0) is 55.0 Å². The van der Waals surface area contributed by atoms with Gasteiger partial charge >= 0.3 is 0 Å². The van der Waals surface area contributed by atoms with Gasteiger partial charge in [0.15, 0.2) is 0 Å². The van der Waals surface area contributed by atoms with Gasteiger partial charge in [-0.1, -0.05) is 5.21 Å². The zero-order valence-corrected chi connectivity index (χ0v) is 19.8. The fourth-order valence-corrected chi connectivity index (χ4v) is 4.37. The fourth-order valence-electron chi connectivity index (χ4n) is 4.37. The van der Waals surface area contributed by atoms with Crippen LogP contribution in [-0.2, 0) is 9.47 Å². The van der Waals surface area contributed by atoms with Gasteiger partial charge in [0.25, 0.3) is 11.5 Å². The highest BCUT2D eigenvalue weighted by Crippen LogP contribution is 2.22. The van der Waals surface area contributed by atoms with E-state index < -0.39 is 5.82 Å². The Labute approximate surface area is 206 Å². The first-order valence-corrected chi connectivity index (χ1v) is 11.7. The van der Waals surface area contributed by atoms with Crippen molar-refractivity contribution >= 4 is 16.8 Å². The molecule has 3 heterocycles. The highest BCUT2D eigenvalue weighted by atomic mass is 19.1. The third kappa shape index (κ3) is 5.05. The Hall–Kier alpha value is -3.89. The summed E-state index contributed by atoms with van der Waals surface area (Å²) in [5.74, 6) is -0.0813. The number of amides is 1. The van der Waals surface area contributed by atoms with Gasteiger partial charge in [-0.3, -0.25) is 9.59 Å². The van der Waals surface area contributed by atoms with E-state index in [1.54, 1.807) is 43.6 Å². The number of hydrogen-bond donors (Lipinski definition) is 1. The van der Waals surface area contributed by atoms with E-state index in [4.69, 9.17) is 9.47 Å². The molecular weight excluding hydrogens is 465 g/mol. The molecule has 1 saturated heterocycles. The van der Waals surface area contributed by atoms with Crippen molar-refractivity contribution in [2.24, 2.45) is 5.92 Å². The number of pyridine rings is 1. The van der Waals surface area contributed by atoms with Crippen molar-refractivity contribution in [1.82, 2.24) is 24.9 Å². The summed E-state index contributed by atoms with van der Waals surface area (Å²) >= 11 is 0. The Morgan fingerprint density at radius 3 is 2.81 bits per heavy atom. The second-order valence-electron chi connectivity index (χ2n) is 8.81. The van der Waals surface area contributed by atoms with Crippen LogP contribution in [0, 0.1) is 11.7 Å². The quantitative estimate of drug-likeness (QED) is 0.380. The van der Waals surface area contributed by atoms with Crippen molar-refractivity contribution in [3.8, 4) is 16.9 Å². The summed E-state index contributed by atoms with van der Waals surface area (Å²) in [6.45, 7) is 3.11. The van der Waals surface area contributed by atoms with Gasteiger partial charge in [-0.15, -0.1) is 5.10 Å². The number of fused-ring (bicyclic) bond motifs is 1. The summed E-state index contributed by atoms with van der Waals surface area (Å²) in [6, 6.07) is 12.9. The minimum absolute atomic E-state index is 0.0184. The zero-order valence-electron chi connectivity index (χ0n) is 19.8. The third-order valence-corrected chi connectivity index (χ3v) is 6.31. The average Bonchev–Trinajstić information content (AvgIpc) is 3.57. The number of aromatic nitrogens is 4. The maximum Gasteiger partial charge on any atom is 0.258 e. The van der Waals surface area contributed by atoms with E-state index >= 15 is 0 Å². The van der Waals surface area contributed by atoms with Crippen LogP contribution in [0.4, 0.5) is 4.39 Å². The molecule has 2 aromatic carbocycles. The van der Waals surface area contributed by atoms with Crippen molar-refractivity contribution in [2.45, 2.75) is 6.42 Å². The van der Waals surface area contributed by atoms with E-state index in [-0.39, 0.29) is 11.5 Å². The Morgan fingerprint density at radius 1 is 1.17 bits per heavy atom. The number of aromatic amines is 1. The van der Waals surface area contributed by atoms with Crippen molar-refractivity contribution < 1.29 is 18.7 Å². The number of rotatable bonds is 8. The first-order valence-electron chi connectivity index (χ1n) is 11.7. The van der Waals surface area contributed by atoms with Crippen LogP contribution >= 0.6 is 0 Å². The zero-order chi connectivity index (χ0) is 25.1. The fraction of sp³-hybridized carbons (Fsp3) is 0.308. The molecule has 36 heavy (non-hydrogen) atoms. The molecule has 0 aliphatic carbocycles. The number of halogens is 1. The minimum Gasteiger partial charge on any atom is -0.382 e. The topological polar surface area (TPSA) is 102 Å². The molecular formula is C26H26FN5O4. The van der Waals surface area contributed by atoms with Crippen molar-refractivity contribution in [3.63, 3.8) is 0 Å². The first-order chi connectivity index (χ1) is 17.5. The molecule has 5 rings (SSSR count). The normalized spacial score (nSPS) is 15.6. The van der Waals surface area contributed by atoms with Crippen LogP contribution in [0.25, 0.3) is 27.8 Å². The van der Waals surface area contributed by atoms with Crippen LogP contribution in [0.15, 0.2) is 59.5 Å². The largest absolute Gasteiger partial charge is 0.382 e. The van der Waals surface area contributed by atoms with Gasteiger partial charge in [0.05, 0.1) is 37.3 Å². The van der Waals surface area contributed by atoms with Crippen molar-refractivity contribution in [3.05, 3.63) is 76.5 Å². The number of methoxy groups -OCH3 is 1. The van der Waals surface area contributed by atoms with Gasteiger partial charge in [-0.25, -0.2) is 9.07 Å². The number of carbonyl (C=O) groups is 1. The first kappa shape index (κ1) is 23.8. The van der Waals surface area contributed by atoms with E-state index in [9.17, 15) is 14.0 Å². The van der Waals surface area contributed by atoms with Crippen molar-refractivity contribution in [1.29, 1.82) is 0 Å². The van der Waals surface area contributed by atoms with Gasteiger partial charge < -0.3 is 19.4 Å². The number of likely N-dealkylation sites (tertiary alicyclic amines) is 1. The second kappa shape index (κ2) is 10.4. The van der Waals surface area contributed by atoms with Crippen LogP contribution in [0.3, 0.4) is 0 Å². The molecule has 1 aliphatic heterocycles. The van der Waals surface area contributed by atoms with E-state index in [1.807, 2.05) is 4.90 Å². The molecule has 1 N–H and O–H groups in total. The Kier molecular flexibility index (Phi) is 6.88. The van der Waals surface area contributed by atoms with E-state index in [0.717, 1.165) is 6.42 Å². The van der Waals surface area contributed by atoms with E-state index in [1.165, 1.54) is 22.9 Å². The Bertz CT molecular complexity index is 1430. The number of hydrogen-bond acceptors (Lipinski definition) is 6. The highest BCUT2D eigenvalue weighted by Gasteiger charge is 2.27. The lowest BCUT2D eigenvalue weighted by atomic mass is 10.1.